The van der Waals surface area contributed by atoms with Crippen molar-refractivity contribution in [3.05, 3.63) is 12.2 Å². The Hall–Kier alpha value is -0.710. The van der Waals surface area contributed by atoms with Crippen LogP contribution >= 0.6 is 0 Å². The number of nitrogens with zero attached hydrogens (tertiary/aromatic N) is 1. The normalized spacial score (nSPS) is 73.0. The topological polar surface area (TPSA) is 60.8 Å². The minimum atomic E-state index is -0.501. The number of aliphatic hydroxyl groups excluding tert-OH is 2. The molecular weight excluding hydrogens is 302 g/mol. The second-order valence-corrected chi connectivity index (χ2v) is 10.6. The summed E-state index contributed by atoms with van der Waals surface area (Å²) >= 11 is 0. The summed E-state index contributed by atoms with van der Waals surface area (Å²) in [6, 6.07) is 0.897. The van der Waals surface area contributed by atoms with Crippen LogP contribution in [0, 0.1) is 39.9 Å². The van der Waals surface area contributed by atoms with Crippen LogP contribution in [0.4, 0.5) is 0 Å². The van der Waals surface area contributed by atoms with Gasteiger partial charge in [-0.05, 0) is 35.5 Å². The maximum absolute atomic E-state index is 12.8. The molecule has 9 aliphatic rings. The molecule has 8 unspecified atom stereocenters. The largest absolute Gasteiger partial charge is 0.392 e. The van der Waals surface area contributed by atoms with Crippen molar-refractivity contribution >= 4 is 5.78 Å². The number of fused-ring (bicyclic) bond motifs is 1. The Morgan fingerprint density at radius 2 is 1.96 bits per heavy atom. The Kier molecular flexibility index (Phi) is 1.86. The highest BCUT2D eigenvalue weighted by molar-refractivity contribution is 5.82. The Labute approximate surface area is 141 Å². The fraction of sp³-hybridized carbons (Fsp3) is 0.850. The van der Waals surface area contributed by atoms with Crippen molar-refractivity contribution in [1.82, 2.24) is 4.90 Å². The fourth-order valence-electron chi connectivity index (χ4n) is 10.4. The van der Waals surface area contributed by atoms with Crippen LogP contribution in [-0.4, -0.2) is 51.7 Å². The van der Waals surface area contributed by atoms with E-state index in [4.69, 9.17) is 0 Å². The van der Waals surface area contributed by atoms with Gasteiger partial charge in [-0.1, -0.05) is 19.1 Å². The highest BCUT2D eigenvalue weighted by Crippen LogP contribution is 2.86. The van der Waals surface area contributed by atoms with Crippen LogP contribution in [0.15, 0.2) is 12.2 Å². The molecular formula is C20H25NO3. The minimum absolute atomic E-state index is 0.00979. The molecule has 6 saturated carbocycles. The van der Waals surface area contributed by atoms with Crippen LogP contribution in [0.2, 0.25) is 0 Å². The Morgan fingerprint density at radius 1 is 1.17 bits per heavy atom. The molecule has 0 aromatic carbocycles. The van der Waals surface area contributed by atoms with Gasteiger partial charge in [0.2, 0.25) is 0 Å². The lowest BCUT2D eigenvalue weighted by molar-refractivity contribution is -0.207. The van der Waals surface area contributed by atoms with Crippen molar-refractivity contribution in [2.45, 2.75) is 56.9 Å². The average molecular weight is 327 g/mol. The van der Waals surface area contributed by atoms with Gasteiger partial charge in [-0.2, -0.15) is 0 Å². The maximum Gasteiger partial charge on any atom is 0.134 e. The number of Topliss-reactive ketones (excluding diaryl/α,β-unsaturated/α-hetero) is 1. The predicted octanol–water partition coefficient (Wildman–Crippen LogP) is 0.972. The first-order chi connectivity index (χ1) is 11.4. The molecule has 0 radical (unpaired) electrons. The summed E-state index contributed by atoms with van der Waals surface area (Å²) in [4.78, 5) is 15.5. The van der Waals surface area contributed by atoms with Crippen LogP contribution in [0.1, 0.15) is 32.6 Å². The second kappa shape index (κ2) is 3.30. The van der Waals surface area contributed by atoms with E-state index >= 15 is 0 Å². The van der Waals surface area contributed by atoms with Crippen LogP contribution in [0.5, 0.6) is 0 Å². The fourth-order valence-corrected chi connectivity index (χ4v) is 10.4. The zero-order valence-electron chi connectivity index (χ0n) is 14.1. The van der Waals surface area contributed by atoms with E-state index in [1.807, 2.05) is 0 Å². The number of hydrogen-bond donors (Lipinski definition) is 2. The quantitative estimate of drug-likeness (QED) is 0.651. The zero-order valence-corrected chi connectivity index (χ0v) is 14.1. The first-order valence-corrected chi connectivity index (χ1v) is 9.66. The van der Waals surface area contributed by atoms with E-state index in [0.717, 1.165) is 31.4 Å². The van der Waals surface area contributed by atoms with Crippen molar-refractivity contribution in [1.29, 1.82) is 0 Å². The van der Waals surface area contributed by atoms with Gasteiger partial charge in [0, 0.05) is 48.7 Å². The molecule has 12 atom stereocenters. The van der Waals surface area contributed by atoms with E-state index < -0.39 is 12.2 Å². The highest BCUT2D eigenvalue weighted by Gasteiger charge is 2.90. The van der Waals surface area contributed by atoms with Gasteiger partial charge < -0.3 is 10.2 Å². The lowest BCUT2D eigenvalue weighted by Crippen LogP contribution is -2.67. The minimum Gasteiger partial charge on any atom is -0.392 e. The van der Waals surface area contributed by atoms with Gasteiger partial charge in [0.05, 0.1) is 12.2 Å². The molecule has 0 aromatic rings. The monoisotopic (exact) mass is 327 g/mol. The predicted molar refractivity (Wildman–Crippen MR) is 85.8 cm³/mol. The molecule has 128 valence electrons. The number of carbonyl (C=O) groups excluding carboxylic acids is 1. The molecule has 2 N–H and O–H groups in total. The van der Waals surface area contributed by atoms with Gasteiger partial charge >= 0.3 is 0 Å². The lowest BCUT2D eigenvalue weighted by atomic mass is 9.40. The summed E-state index contributed by atoms with van der Waals surface area (Å²) in [7, 11) is 0. The molecule has 2 spiro atoms. The highest BCUT2D eigenvalue weighted by atomic mass is 16.3. The second-order valence-electron chi connectivity index (χ2n) is 10.6. The zero-order chi connectivity index (χ0) is 16.4. The van der Waals surface area contributed by atoms with Crippen LogP contribution in [-0.2, 0) is 4.79 Å². The van der Waals surface area contributed by atoms with Gasteiger partial charge in [0.25, 0.3) is 0 Å². The average Bonchev–Trinajstić information content (AvgIpc) is 2.88. The SMILES string of the molecule is C=C1C[C@]23C[C@H]4C5C6(C)CC(=O)C[C@]57C(C2C(O)[C@H]1C(O)C37)N4C6. The van der Waals surface area contributed by atoms with Gasteiger partial charge in [-0.25, -0.2) is 0 Å². The number of ketones is 1. The summed E-state index contributed by atoms with van der Waals surface area (Å²) < 4.78 is 0. The van der Waals surface area contributed by atoms with E-state index in [1.165, 1.54) is 0 Å². The summed E-state index contributed by atoms with van der Waals surface area (Å²) in [6.07, 6.45) is 2.48. The Balaban J connectivity index is 1.55. The molecule has 3 aliphatic heterocycles. The molecule has 0 amide bonds. The summed E-state index contributed by atoms with van der Waals surface area (Å²) in [5.41, 5.74) is 1.10. The van der Waals surface area contributed by atoms with E-state index in [2.05, 4.69) is 18.4 Å². The maximum atomic E-state index is 12.8. The van der Waals surface area contributed by atoms with E-state index in [9.17, 15) is 15.0 Å². The standard InChI is InChI=1S/C20H25NO3/c1-8-3-19-6-10-15-18(2)4-9(22)5-20(15)16(19)14(24)11(8)13(23)12(19)17(20)21(10)7-18/h10-17,23-24H,1,3-7H2,2H3/t10-,11-,12?,13?,14?,15?,16?,17?,18?,19-,20-/m0/s1. The van der Waals surface area contributed by atoms with Crippen molar-refractivity contribution in [2.75, 3.05) is 6.54 Å². The first-order valence-electron chi connectivity index (χ1n) is 9.66. The summed E-state index contributed by atoms with van der Waals surface area (Å²) in [5, 5.41) is 22.5. The number of aliphatic hydroxyl groups is 2. The van der Waals surface area contributed by atoms with Gasteiger partial charge in [-0.3, -0.25) is 9.69 Å². The third-order valence-corrected chi connectivity index (χ3v) is 9.96. The molecule has 24 heavy (non-hydrogen) atoms. The molecule has 4 heteroatoms. The van der Waals surface area contributed by atoms with E-state index in [1.54, 1.807) is 0 Å². The van der Waals surface area contributed by atoms with Gasteiger partial charge in [0.15, 0.2) is 0 Å². The molecule has 6 aliphatic carbocycles. The van der Waals surface area contributed by atoms with E-state index in [-0.39, 0.29) is 34.0 Å². The molecule has 0 aromatic heterocycles. The molecule has 9 rings (SSSR count). The molecule has 9 bridgehead atoms. The third kappa shape index (κ3) is 0.945. The van der Waals surface area contributed by atoms with E-state index in [0.29, 0.717) is 30.2 Å². The van der Waals surface area contributed by atoms with Gasteiger partial charge in [-0.15, -0.1) is 0 Å². The van der Waals surface area contributed by atoms with Crippen molar-refractivity contribution < 1.29 is 15.0 Å². The molecule has 3 heterocycles. The molecule has 9 fully saturated rings. The summed E-state index contributed by atoms with van der Waals surface area (Å²) in [6.45, 7) is 7.58. The number of carbonyl (C=O) groups is 1. The smallest absolute Gasteiger partial charge is 0.134 e. The summed E-state index contributed by atoms with van der Waals surface area (Å²) in [5.74, 6) is 1.23. The lowest BCUT2D eigenvalue weighted by Gasteiger charge is -2.65. The number of piperidine rings is 2. The van der Waals surface area contributed by atoms with Crippen molar-refractivity contribution in [3.63, 3.8) is 0 Å². The van der Waals surface area contributed by atoms with Crippen LogP contribution < -0.4 is 0 Å². The van der Waals surface area contributed by atoms with Gasteiger partial charge in [0.1, 0.15) is 5.78 Å². The van der Waals surface area contributed by atoms with Crippen LogP contribution in [0.3, 0.4) is 0 Å². The van der Waals surface area contributed by atoms with Crippen molar-refractivity contribution in [2.24, 2.45) is 39.9 Å². The third-order valence-electron chi connectivity index (χ3n) is 9.96. The van der Waals surface area contributed by atoms with Crippen LogP contribution in [0.25, 0.3) is 0 Å². The number of hydrogen-bond acceptors (Lipinski definition) is 4. The van der Waals surface area contributed by atoms with Crippen molar-refractivity contribution in [3.8, 4) is 0 Å². The molecule has 3 saturated heterocycles. The first kappa shape index (κ1) is 13.5. The number of rotatable bonds is 0. The Bertz CT molecular complexity index is 749. The molecule has 4 nitrogen and oxygen atoms in total. The Morgan fingerprint density at radius 3 is 2.75 bits per heavy atom.